The standard InChI is InChI=1S/C22H26N4O2/c1-15-7-8-18(13-16(15)2)24-21(27)23-14-17-9-11-26(12-10-17)22-25-19-5-3-4-6-20(19)28-22/h3-8,13,17H,9-12,14H2,1-2H3,(H2,23,24,27). The van der Waals surface area contributed by atoms with Crippen LogP contribution in [0.25, 0.3) is 11.1 Å². The fourth-order valence-electron chi connectivity index (χ4n) is 3.56. The molecule has 2 heterocycles. The number of hydrogen-bond acceptors (Lipinski definition) is 4. The van der Waals surface area contributed by atoms with Gasteiger partial charge in [0.25, 0.3) is 6.01 Å². The smallest absolute Gasteiger partial charge is 0.319 e. The highest BCUT2D eigenvalue weighted by atomic mass is 16.4. The number of benzene rings is 2. The van der Waals surface area contributed by atoms with Crippen LogP contribution in [-0.4, -0.2) is 30.6 Å². The van der Waals surface area contributed by atoms with Gasteiger partial charge < -0.3 is 20.0 Å². The van der Waals surface area contributed by atoms with Crippen molar-refractivity contribution in [2.24, 2.45) is 5.92 Å². The van der Waals surface area contributed by atoms with E-state index in [1.54, 1.807) is 0 Å². The SMILES string of the molecule is Cc1ccc(NC(=O)NCC2CCN(c3nc4ccccc4o3)CC2)cc1C. The Morgan fingerprint density at radius 3 is 2.68 bits per heavy atom. The van der Waals surface area contributed by atoms with E-state index in [9.17, 15) is 4.79 Å². The summed E-state index contributed by atoms with van der Waals surface area (Å²) < 4.78 is 5.86. The lowest BCUT2D eigenvalue weighted by molar-refractivity contribution is 0.248. The van der Waals surface area contributed by atoms with Crippen LogP contribution in [0.4, 0.5) is 16.5 Å². The average Bonchev–Trinajstić information content (AvgIpc) is 3.14. The molecule has 1 aliphatic heterocycles. The molecule has 6 nitrogen and oxygen atoms in total. The molecule has 28 heavy (non-hydrogen) atoms. The number of urea groups is 1. The van der Waals surface area contributed by atoms with Gasteiger partial charge in [-0.3, -0.25) is 0 Å². The van der Waals surface area contributed by atoms with Gasteiger partial charge in [-0.25, -0.2) is 4.79 Å². The third-order valence-corrected chi connectivity index (χ3v) is 5.48. The summed E-state index contributed by atoms with van der Waals surface area (Å²) in [5.74, 6) is 0.464. The molecule has 146 valence electrons. The number of rotatable bonds is 4. The molecule has 1 aliphatic rings. The third kappa shape index (κ3) is 4.11. The maximum Gasteiger partial charge on any atom is 0.319 e. The van der Waals surface area contributed by atoms with Gasteiger partial charge in [0.05, 0.1) is 0 Å². The van der Waals surface area contributed by atoms with Crippen LogP contribution >= 0.6 is 0 Å². The van der Waals surface area contributed by atoms with E-state index in [0.29, 0.717) is 18.5 Å². The van der Waals surface area contributed by atoms with Gasteiger partial charge >= 0.3 is 6.03 Å². The Hall–Kier alpha value is -3.02. The molecule has 0 bridgehead atoms. The first-order chi connectivity index (χ1) is 13.6. The number of piperidine rings is 1. The summed E-state index contributed by atoms with van der Waals surface area (Å²) in [4.78, 5) is 18.9. The fourth-order valence-corrected chi connectivity index (χ4v) is 3.56. The monoisotopic (exact) mass is 378 g/mol. The zero-order chi connectivity index (χ0) is 19.5. The van der Waals surface area contributed by atoms with Gasteiger partial charge in [-0.05, 0) is 68.0 Å². The third-order valence-electron chi connectivity index (χ3n) is 5.48. The largest absolute Gasteiger partial charge is 0.423 e. The Bertz CT molecular complexity index is 941. The first kappa shape index (κ1) is 18.3. The van der Waals surface area contributed by atoms with E-state index in [4.69, 9.17) is 4.42 Å². The maximum absolute atomic E-state index is 12.2. The Labute approximate surface area is 164 Å². The molecule has 1 saturated heterocycles. The number of carbonyl (C=O) groups excluding carboxylic acids is 1. The van der Waals surface area contributed by atoms with Crippen molar-refractivity contribution in [1.82, 2.24) is 10.3 Å². The van der Waals surface area contributed by atoms with Crippen LogP contribution in [0.1, 0.15) is 24.0 Å². The molecule has 0 aliphatic carbocycles. The highest BCUT2D eigenvalue weighted by Crippen LogP contribution is 2.26. The Kier molecular flexibility index (Phi) is 5.19. The Morgan fingerprint density at radius 2 is 1.93 bits per heavy atom. The molecule has 2 aromatic carbocycles. The summed E-state index contributed by atoms with van der Waals surface area (Å²) in [5, 5.41) is 5.92. The van der Waals surface area contributed by atoms with E-state index in [-0.39, 0.29) is 6.03 Å². The highest BCUT2D eigenvalue weighted by molar-refractivity contribution is 5.89. The molecule has 6 heteroatoms. The molecule has 4 rings (SSSR count). The minimum absolute atomic E-state index is 0.148. The van der Waals surface area contributed by atoms with E-state index < -0.39 is 0 Å². The number of oxazole rings is 1. The number of nitrogens with one attached hydrogen (secondary N) is 2. The zero-order valence-electron chi connectivity index (χ0n) is 16.4. The maximum atomic E-state index is 12.2. The number of amides is 2. The van der Waals surface area contributed by atoms with Crippen LogP contribution in [0.2, 0.25) is 0 Å². The summed E-state index contributed by atoms with van der Waals surface area (Å²) >= 11 is 0. The van der Waals surface area contributed by atoms with Crippen molar-refractivity contribution in [3.05, 3.63) is 53.6 Å². The van der Waals surface area contributed by atoms with Crippen molar-refractivity contribution in [1.29, 1.82) is 0 Å². The van der Waals surface area contributed by atoms with Gasteiger partial charge in [-0.2, -0.15) is 4.98 Å². The van der Waals surface area contributed by atoms with Crippen LogP contribution in [-0.2, 0) is 0 Å². The van der Waals surface area contributed by atoms with Gasteiger partial charge in [0, 0.05) is 25.3 Å². The molecule has 0 spiro atoms. The van der Waals surface area contributed by atoms with Gasteiger partial charge in [-0.15, -0.1) is 0 Å². The van der Waals surface area contributed by atoms with Crippen molar-refractivity contribution >= 4 is 28.8 Å². The van der Waals surface area contributed by atoms with Crippen LogP contribution in [0, 0.1) is 19.8 Å². The van der Waals surface area contributed by atoms with Crippen molar-refractivity contribution in [2.75, 3.05) is 29.9 Å². The number of anilines is 2. The second kappa shape index (κ2) is 7.92. The Morgan fingerprint density at radius 1 is 1.14 bits per heavy atom. The van der Waals surface area contributed by atoms with Crippen LogP contribution in [0.15, 0.2) is 46.9 Å². The normalized spacial score (nSPS) is 15.0. The first-order valence-corrected chi connectivity index (χ1v) is 9.81. The molecular formula is C22H26N4O2. The predicted octanol–water partition coefficient (Wildman–Crippen LogP) is 4.48. The van der Waals surface area contributed by atoms with Crippen molar-refractivity contribution in [3.63, 3.8) is 0 Å². The number of aromatic nitrogens is 1. The molecule has 0 radical (unpaired) electrons. The minimum Gasteiger partial charge on any atom is -0.423 e. The molecule has 1 fully saturated rings. The fraction of sp³-hybridized carbons (Fsp3) is 0.364. The topological polar surface area (TPSA) is 70.4 Å². The van der Waals surface area contributed by atoms with Crippen molar-refractivity contribution in [3.8, 4) is 0 Å². The Balaban J connectivity index is 1.25. The van der Waals surface area contributed by atoms with E-state index in [2.05, 4.69) is 27.4 Å². The number of hydrogen-bond donors (Lipinski definition) is 2. The van der Waals surface area contributed by atoms with Crippen LogP contribution in [0.3, 0.4) is 0 Å². The summed E-state index contributed by atoms with van der Waals surface area (Å²) in [5.41, 5.74) is 4.93. The minimum atomic E-state index is -0.148. The van der Waals surface area contributed by atoms with Crippen LogP contribution < -0.4 is 15.5 Å². The molecule has 0 unspecified atom stereocenters. The average molecular weight is 378 g/mol. The quantitative estimate of drug-likeness (QED) is 0.702. The second-order valence-corrected chi connectivity index (χ2v) is 7.53. The van der Waals surface area contributed by atoms with Crippen molar-refractivity contribution in [2.45, 2.75) is 26.7 Å². The number of aryl methyl sites for hydroxylation is 2. The molecule has 1 aromatic heterocycles. The summed E-state index contributed by atoms with van der Waals surface area (Å²) in [6.07, 6.45) is 2.01. The van der Waals surface area contributed by atoms with Gasteiger partial charge in [0.2, 0.25) is 0 Å². The summed E-state index contributed by atoms with van der Waals surface area (Å²) in [7, 11) is 0. The zero-order valence-corrected chi connectivity index (χ0v) is 16.4. The first-order valence-electron chi connectivity index (χ1n) is 9.81. The summed E-state index contributed by atoms with van der Waals surface area (Å²) in [6, 6.07) is 14.3. The number of carbonyl (C=O) groups is 1. The molecule has 2 amide bonds. The van der Waals surface area contributed by atoms with Gasteiger partial charge in [0.1, 0.15) is 5.52 Å². The predicted molar refractivity (Wildman–Crippen MR) is 112 cm³/mol. The molecule has 3 aromatic rings. The molecule has 0 atom stereocenters. The van der Waals surface area contributed by atoms with Gasteiger partial charge in [-0.1, -0.05) is 18.2 Å². The lowest BCUT2D eigenvalue weighted by atomic mass is 9.97. The molecule has 2 N–H and O–H groups in total. The highest BCUT2D eigenvalue weighted by Gasteiger charge is 2.23. The number of fused-ring (bicyclic) bond motifs is 1. The second-order valence-electron chi connectivity index (χ2n) is 7.53. The number of nitrogens with zero attached hydrogens (tertiary/aromatic N) is 2. The lowest BCUT2D eigenvalue weighted by Gasteiger charge is -2.30. The van der Waals surface area contributed by atoms with E-state index in [1.165, 1.54) is 11.1 Å². The molecular weight excluding hydrogens is 352 g/mol. The van der Waals surface area contributed by atoms with E-state index in [0.717, 1.165) is 42.7 Å². The summed E-state index contributed by atoms with van der Waals surface area (Å²) in [6.45, 7) is 6.56. The van der Waals surface area contributed by atoms with Gasteiger partial charge in [0.15, 0.2) is 5.58 Å². The lowest BCUT2D eigenvalue weighted by Crippen LogP contribution is -2.40. The number of para-hydroxylation sites is 2. The molecule has 0 saturated carbocycles. The van der Waals surface area contributed by atoms with Crippen LogP contribution in [0.5, 0.6) is 0 Å². The van der Waals surface area contributed by atoms with Crippen molar-refractivity contribution < 1.29 is 9.21 Å². The van der Waals surface area contributed by atoms with E-state index >= 15 is 0 Å². The van der Waals surface area contributed by atoms with E-state index in [1.807, 2.05) is 49.4 Å².